The number of hydrogen-bond donors (Lipinski definition) is 0. The lowest BCUT2D eigenvalue weighted by molar-refractivity contribution is 0.255. The number of nitrogens with zero attached hydrogens (tertiary/aromatic N) is 2. The molecule has 1 aliphatic heterocycles. The first-order chi connectivity index (χ1) is 8.40. The second-order valence-corrected chi connectivity index (χ2v) is 4.38. The molecule has 3 rings (SSSR count). The minimum atomic E-state index is 0.288. The summed E-state index contributed by atoms with van der Waals surface area (Å²) in [5, 5.41) is 0. The Morgan fingerprint density at radius 2 is 2.29 bits per heavy atom. The Labute approximate surface area is 105 Å². The van der Waals surface area contributed by atoms with Gasteiger partial charge in [-0.2, -0.15) is 0 Å². The first-order valence-corrected chi connectivity index (χ1v) is 6.22. The zero-order valence-electron chi connectivity index (χ0n) is 9.34. The molecule has 0 aliphatic carbocycles. The Bertz CT molecular complexity index is 524. The minimum Gasteiger partial charge on any atom is -0.493 e. The molecule has 2 heterocycles. The molecule has 1 aromatic carbocycles. The highest BCUT2D eigenvalue weighted by Crippen LogP contribution is 2.35. The van der Waals surface area contributed by atoms with E-state index in [1.54, 1.807) is 0 Å². The summed E-state index contributed by atoms with van der Waals surface area (Å²) in [6, 6.07) is 8.45. The SMILES string of the molecule is ClCc1cncn1C1CCOc2ccccc21. The van der Waals surface area contributed by atoms with Crippen molar-refractivity contribution in [3.63, 3.8) is 0 Å². The summed E-state index contributed by atoms with van der Waals surface area (Å²) in [5.41, 5.74) is 2.26. The van der Waals surface area contributed by atoms with Gasteiger partial charge in [-0.3, -0.25) is 0 Å². The number of hydrogen-bond acceptors (Lipinski definition) is 2. The van der Waals surface area contributed by atoms with Crippen LogP contribution < -0.4 is 4.74 Å². The first-order valence-electron chi connectivity index (χ1n) is 5.68. The molecule has 4 heteroatoms. The van der Waals surface area contributed by atoms with Crippen molar-refractivity contribution >= 4 is 11.6 Å². The maximum atomic E-state index is 5.93. The Kier molecular flexibility index (Phi) is 2.77. The van der Waals surface area contributed by atoms with Gasteiger partial charge in [-0.25, -0.2) is 4.98 Å². The molecule has 17 heavy (non-hydrogen) atoms. The molecule has 0 amide bonds. The average molecular weight is 249 g/mol. The molecular formula is C13H13ClN2O. The highest BCUT2D eigenvalue weighted by Gasteiger charge is 2.23. The molecule has 3 nitrogen and oxygen atoms in total. The Morgan fingerprint density at radius 3 is 3.18 bits per heavy atom. The zero-order chi connectivity index (χ0) is 11.7. The van der Waals surface area contributed by atoms with Crippen molar-refractivity contribution in [3.8, 4) is 5.75 Å². The van der Waals surface area contributed by atoms with E-state index < -0.39 is 0 Å². The number of alkyl halides is 1. The second kappa shape index (κ2) is 4.41. The third kappa shape index (κ3) is 1.80. The molecule has 0 spiro atoms. The van der Waals surface area contributed by atoms with E-state index in [9.17, 15) is 0 Å². The number of para-hydroxylation sites is 1. The summed E-state index contributed by atoms with van der Waals surface area (Å²) in [5.74, 6) is 1.46. The Hall–Kier alpha value is -1.48. The summed E-state index contributed by atoms with van der Waals surface area (Å²) >= 11 is 5.93. The van der Waals surface area contributed by atoms with E-state index in [-0.39, 0.29) is 6.04 Å². The van der Waals surface area contributed by atoms with Crippen molar-refractivity contribution in [3.05, 3.63) is 48.0 Å². The fourth-order valence-electron chi connectivity index (χ4n) is 2.33. The lowest BCUT2D eigenvalue weighted by atomic mass is 10.0. The van der Waals surface area contributed by atoms with Crippen molar-refractivity contribution in [1.82, 2.24) is 9.55 Å². The number of fused-ring (bicyclic) bond motifs is 1. The molecule has 0 saturated heterocycles. The molecule has 1 aromatic heterocycles. The zero-order valence-corrected chi connectivity index (χ0v) is 10.1. The van der Waals surface area contributed by atoms with Crippen molar-refractivity contribution < 1.29 is 4.74 Å². The summed E-state index contributed by atoms with van der Waals surface area (Å²) in [7, 11) is 0. The van der Waals surface area contributed by atoms with E-state index in [0.717, 1.165) is 24.5 Å². The van der Waals surface area contributed by atoms with Crippen molar-refractivity contribution in [2.75, 3.05) is 6.61 Å². The van der Waals surface area contributed by atoms with E-state index in [0.29, 0.717) is 5.88 Å². The fourth-order valence-corrected chi connectivity index (χ4v) is 2.54. The van der Waals surface area contributed by atoms with Gasteiger partial charge in [0.25, 0.3) is 0 Å². The van der Waals surface area contributed by atoms with E-state index in [1.807, 2.05) is 30.7 Å². The summed E-state index contributed by atoms with van der Waals surface area (Å²) in [4.78, 5) is 4.18. The molecule has 0 saturated carbocycles. The van der Waals surface area contributed by atoms with Gasteiger partial charge in [0.1, 0.15) is 5.75 Å². The third-order valence-electron chi connectivity index (χ3n) is 3.15. The summed E-state index contributed by atoms with van der Waals surface area (Å²) in [6.45, 7) is 0.738. The normalized spacial score (nSPS) is 18.5. The molecule has 2 aromatic rings. The number of benzene rings is 1. The van der Waals surface area contributed by atoms with Crippen LogP contribution in [-0.4, -0.2) is 16.2 Å². The lowest BCUT2D eigenvalue weighted by Crippen LogP contribution is -2.20. The number of imidazole rings is 1. The van der Waals surface area contributed by atoms with Crippen LogP contribution in [0, 0.1) is 0 Å². The molecule has 1 atom stereocenters. The van der Waals surface area contributed by atoms with Gasteiger partial charge in [0, 0.05) is 18.2 Å². The van der Waals surface area contributed by atoms with Crippen LogP contribution >= 0.6 is 11.6 Å². The molecule has 1 unspecified atom stereocenters. The third-order valence-corrected chi connectivity index (χ3v) is 3.42. The van der Waals surface area contributed by atoms with Gasteiger partial charge in [-0.15, -0.1) is 11.6 Å². The van der Waals surface area contributed by atoms with Crippen LogP contribution in [0.5, 0.6) is 5.75 Å². The maximum Gasteiger partial charge on any atom is 0.124 e. The maximum absolute atomic E-state index is 5.93. The van der Waals surface area contributed by atoms with E-state index in [4.69, 9.17) is 16.3 Å². The highest BCUT2D eigenvalue weighted by molar-refractivity contribution is 6.16. The van der Waals surface area contributed by atoms with E-state index in [1.165, 1.54) is 5.56 Å². The molecule has 0 radical (unpaired) electrons. The molecule has 1 aliphatic rings. The fraction of sp³-hybridized carbons (Fsp3) is 0.308. The molecule has 88 valence electrons. The predicted molar refractivity (Wildman–Crippen MR) is 66.5 cm³/mol. The van der Waals surface area contributed by atoms with Crippen LogP contribution in [0.3, 0.4) is 0 Å². The lowest BCUT2D eigenvalue weighted by Gasteiger charge is -2.27. The van der Waals surface area contributed by atoms with Crippen LogP contribution in [0.15, 0.2) is 36.8 Å². The van der Waals surface area contributed by atoms with Gasteiger partial charge in [0.05, 0.1) is 30.5 Å². The van der Waals surface area contributed by atoms with Crippen LogP contribution in [0.1, 0.15) is 23.7 Å². The highest BCUT2D eigenvalue weighted by atomic mass is 35.5. The smallest absolute Gasteiger partial charge is 0.124 e. The summed E-state index contributed by atoms with van der Waals surface area (Å²) in [6.07, 6.45) is 4.63. The van der Waals surface area contributed by atoms with Crippen molar-refractivity contribution in [2.24, 2.45) is 0 Å². The molecule has 0 fully saturated rings. The number of aromatic nitrogens is 2. The quantitative estimate of drug-likeness (QED) is 0.764. The van der Waals surface area contributed by atoms with Gasteiger partial charge in [-0.1, -0.05) is 18.2 Å². The molecule has 0 N–H and O–H groups in total. The topological polar surface area (TPSA) is 27.1 Å². The van der Waals surface area contributed by atoms with Gasteiger partial charge < -0.3 is 9.30 Å². The van der Waals surface area contributed by atoms with Crippen LogP contribution in [0.2, 0.25) is 0 Å². The largest absolute Gasteiger partial charge is 0.493 e. The van der Waals surface area contributed by atoms with Gasteiger partial charge in [0.15, 0.2) is 0 Å². The van der Waals surface area contributed by atoms with Crippen molar-refractivity contribution in [1.29, 1.82) is 0 Å². The van der Waals surface area contributed by atoms with Crippen molar-refractivity contribution in [2.45, 2.75) is 18.3 Å². The predicted octanol–water partition coefficient (Wildman–Crippen LogP) is 2.99. The van der Waals surface area contributed by atoms with Gasteiger partial charge in [0.2, 0.25) is 0 Å². The second-order valence-electron chi connectivity index (χ2n) is 4.12. The molecule has 0 bridgehead atoms. The Balaban J connectivity index is 2.06. The minimum absolute atomic E-state index is 0.288. The number of ether oxygens (including phenoxy) is 1. The van der Waals surface area contributed by atoms with Crippen LogP contribution in [0.25, 0.3) is 0 Å². The standard InChI is InChI=1S/C13H13ClN2O/c14-7-10-8-15-9-16(10)12-5-6-17-13-4-2-1-3-11(12)13/h1-4,8-9,12H,5-7H2. The number of halogens is 1. The van der Waals surface area contributed by atoms with Crippen LogP contribution in [0.4, 0.5) is 0 Å². The first kappa shape index (κ1) is 10.7. The Morgan fingerprint density at radius 1 is 1.41 bits per heavy atom. The van der Waals surface area contributed by atoms with Gasteiger partial charge >= 0.3 is 0 Å². The molecular weight excluding hydrogens is 236 g/mol. The van der Waals surface area contributed by atoms with Gasteiger partial charge in [-0.05, 0) is 6.07 Å². The van der Waals surface area contributed by atoms with E-state index in [2.05, 4.69) is 15.6 Å². The summed E-state index contributed by atoms with van der Waals surface area (Å²) < 4.78 is 7.81. The van der Waals surface area contributed by atoms with E-state index >= 15 is 0 Å². The average Bonchev–Trinajstić information content (AvgIpc) is 2.86. The monoisotopic (exact) mass is 248 g/mol. The van der Waals surface area contributed by atoms with Crippen LogP contribution in [-0.2, 0) is 5.88 Å². The number of rotatable bonds is 2.